The summed E-state index contributed by atoms with van der Waals surface area (Å²) in [5.41, 5.74) is 2.98. The minimum Gasteiger partial charge on any atom is -0.508 e. The van der Waals surface area contributed by atoms with E-state index in [4.69, 9.17) is 0 Å². The Kier molecular flexibility index (Phi) is 3.67. The maximum Gasteiger partial charge on any atom is 0.141 e. The lowest BCUT2D eigenvalue weighted by Crippen LogP contribution is -2.03. The van der Waals surface area contributed by atoms with Crippen LogP contribution < -0.4 is 0 Å². The molecule has 4 aromatic rings. The van der Waals surface area contributed by atoms with Gasteiger partial charge in [-0.15, -0.1) is 0 Å². The second kappa shape index (κ2) is 6.12. The van der Waals surface area contributed by atoms with Crippen molar-refractivity contribution in [1.29, 1.82) is 0 Å². The molecule has 0 saturated heterocycles. The van der Waals surface area contributed by atoms with Gasteiger partial charge in [0.15, 0.2) is 0 Å². The number of aromatic hydroxyl groups is 1. The highest BCUT2D eigenvalue weighted by Crippen LogP contribution is 2.24. The highest BCUT2D eigenvalue weighted by atomic mass is 16.3. The van der Waals surface area contributed by atoms with Crippen molar-refractivity contribution in [3.63, 3.8) is 0 Å². The lowest BCUT2D eigenvalue weighted by Gasteiger charge is -2.09. The number of aromatic nitrogens is 4. The smallest absolute Gasteiger partial charge is 0.141 e. The maximum atomic E-state index is 9.54. The predicted molar refractivity (Wildman–Crippen MR) is 92.6 cm³/mol. The van der Waals surface area contributed by atoms with Crippen LogP contribution in [-0.2, 0) is 13.0 Å². The first-order chi connectivity index (χ1) is 11.8. The zero-order chi connectivity index (χ0) is 16.4. The molecule has 0 unspecified atom stereocenters. The second-order valence-electron chi connectivity index (χ2n) is 5.65. The third kappa shape index (κ3) is 2.84. The number of phenolic OH excluding ortho intramolecular Hbond substituents is 1. The number of rotatable bonds is 4. The number of pyridine rings is 2. The van der Waals surface area contributed by atoms with Crippen molar-refractivity contribution in [3.8, 4) is 17.1 Å². The number of phenols is 1. The second-order valence-corrected chi connectivity index (χ2v) is 5.65. The Bertz CT molecular complexity index is 979. The molecule has 5 nitrogen and oxygen atoms in total. The van der Waals surface area contributed by atoms with Gasteiger partial charge >= 0.3 is 0 Å². The molecule has 0 saturated carbocycles. The molecule has 5 heteroatoms. The first-order valence-electron chi connectivity index (χ1n) is 7.79. The van der Waals surface area contributed by atoms with Gasteiger partial charge in [-0.2, -0.15) is 0 Å². The van der Waals surface area contributed by atoms with E-state index in [9.17, 15) is 5.11 Å². The summed E-state index contributed by atoms with van der Waals surface area (Å²) >= 11 is 0. The average Bonchev–Trinajstić information content (AvgIpc) is 3.09. The summed E-state index contributed by atoms with van der Waals surface area (Å²) in [5.74, 6) is 1.12. The minimum atomic E-state index is 0.224. The summed E-state index contributed by atoms with van der Waals surface area (Å²) in [7, 11) is 0. The van der Waals surface area contributed by atoms with Gasteiger partial charge in [-0.25, -0.2) is 4.98 Å². The van der Waals surface area contributed by atoms with Crippen molar-refractivity contribution in [2.24, 2.45) is 0 Å². The summed E-state index contributed by atoms with van der Waals surface area (Å²) in [6, 6.07) is 11.3. The molecule has 0 aliphatic carbocycles. The van der Waals surface area contributed by atoms with Gasteiger partial charge in [0.1, 0.15) is 11.6 Å². The number of aryl methyl sites for hydroxylation is 2. The lowest BCUT2D eigenvalue weighted by molar-refractivity contribution is 0.476. The van der Waals surface area contributed by atoms with Gasteiger partial charge in [-0.3, -0.25) is 9.97 Å². The topological polar surface area (TPSA) is 63.8 Å². The SMILES string of the molecule is Oc1ccc2cc(-c3nccn3CCc3ccncc3)cnc2c1. The van der Waals surface area contributed by atoms with Crippen molar-refractivity contribution >= 4 is 10.9 Å². The minimum absolute atomic E-state index is 0.224. The summed E-state index contributed by atoms with van der Waals surface area (Å²) < 4.78 is 2.13. The van der Waals surface area contributed by atoms with E-state index in [0.717, 1.165) is 35.3 Å². The van der Waals surface area contributed by atoms with E-state index in [2.05, 4.69) is 19.5 Å². The molecule has 3 heterocycles. The van der Waals surface area contributed by atoms with E-state index in [-0.39, 0.29) is 5.75 Å². The van der Waals surface area contributed by atoms with Crippen LogP contribution >= 0.6 is 0 Å². The Morgan fingerprint density at radius 1 is 0.958 bits per heavy atom. The number of benzene rings is 1. The molecule has 118 valence electrons. The number of fused-ring (bicyclic) bond motifs is 1. The standard InChI is InChI=1S/C19H16N4O/c24-17-2-1-15-11-16(13-22-18(15)12-17)19-21-8-10-23(19)9-5-14-3-6-20-7-4-14/h1-4,6-8,10-13,24H,5,9H2. The van der Waals surface area contributed by atoms with Crippen LogP contribution in [0, 0.1) is 0 Å². The zero-order valence-corrected chi connectivity index (χ0v) is 13.0. The Morgan fingerprint density at radius 2 is 1.83 bits per heavy atom. The van der Waals surface area contributed by atoms with Crippen molar-refractivity contribution in [1.82, 2.24) is 19.5 Å². The molecule has 0 atom stereocenters. The highest BCUT2D eigenvalue weighted by molar-refractivity contribution is 5.83. The largest absolute Gasteiger partial charge is 0.508 e. The van der Waals surface area contributed by atoms with Gasteiger partial charge in [0, 0.05) is 54.5 Å². The Balaban J connectivity index is 1.63. The molecule has 3 aromatic heterocycles. The van der Waals surface area contributed by atoms with Gasteiger partial charge < -0.3 is 9.67 Å². The van der Waals surface area contributed by atoms with Crippen LogP contribution in [0.5, 0.6) is 5.75 Å². The molecule has 4 rings (SSSR count). The number of imidazole rings is 1. The average molecular weight is 316 g/mol. The van der Waals surface area contributed by atoms with Gasteiger partial charge in [0.25, 0.3) is 0 Å². The summed E-state index contributed by atoms with van der Waals surface area (Å²) in [6.45, 7) is 0.840. The fourth-order valence-electron chi connectivity index (χ4n) is 2.78. The van der Waals surface area contributed by atoms with Crippen LogP contribution in [0.25, 0.3) is 22.3 Å². The summed E-state index contributed by atoms with van der Waals surface area (Å²) in [4.78, 5) is 13.0. The van der Waals surface area contributed by atoms with Gasteiger partial charge in [0.05, 0.1) is 5.52 Å². The molecule has 1 aromatic carbocycles. The van der Waals surface area contributed by atoms with Crippen LogP contribution in [0.1, 0.15) is 5.56 Å². The molecule has 0 amide bonds. The third-order valence-corrected chi connectivity index (χ3v) is 4.03. The Labute approximate surface area is 139 Å². The van der Waals surface area contributed by atoms with Crippen LogP contribution in [0.15, 0.2) is 67.4 Å². The van der Waals surface area contributed by atoms with E-state index in [1.807, 2.05) is 49.1 Å². The van der Waals surface area contributed by atoms with Crippen molar-refractivity contribution in [3.05, 3.63) is 72.9 Å². The third-order valence-electron chi connectivity index (χ3n) is 4.03. The molecule has 0 radical (unpaired) electrons. The highest BCUT2D eigenvalue weighted by Gasteiger charge is 2.08. The van der Waals surface area contributed by atoms with Gasteiger partial charge in [-0.1, -0.05) is 0 Å². The van der Waals surface area contributed by atoms with Crippen molar-refractivity contribution in [2.75, 3.05) is 0 Å². The van der Waals surface area contributed by atoms with E-state index < -0.39 is 0 Å². The van der Waals surface area contributed by atoms with E-state index >= 15 is 0 Å². The predicted octanol–water partition coefficient (Wildman–Crippen LogP) is 3.44. The zero-order valence-electron chi connectivity index (χ0n) is 13.0. The molecule has 0 fully saturated rings. The Hall–Kier alpha value is -3.21. The quantitative estimate of drug-likeness (QED) is 0.626. The monoisotopic (exact) mass is 316 g/mol. The molecule has 0 bridgehead atoms. The van der Waals surface area contributed by atoms with Crippen LogP contribution in [0.2, 0.25) is 0 Å². The normalized spacial score (nSPS) is 11.0. The molecular formula is C19H16N4O. The van der Waals surface area contributed by atoms with E-state index in [0.29, 0.717) is 0 Å². The molecule has 0 spiro atoms. The molecule has 0 aliphatic rings. The summed E-state index contributed by atoms with van der Waals surface area (Å²) in [6.07, 6.45) is 10.1. The maximum absolute atomic E-state index is 9.54. The van der Waals surface area contributed by atoms with Crippen LogP contribution in [0.4, 0.5) is 0 Å². The fourth-order valence-corrected chi connectivity index (χ4v) is 2.78. The van der Waals surface area contributed by atoms with Crippen LogP contribution in [0.3, 0.4) is 0 Å². The Morgan fingerprint density at radius 3 is 2.71 bits per heavy atom. The number of nitrogens with zero attached hydrogens (tertiary/aromatic N) is 4. The molecule has 0 aliphatic heterocycles. The lowest BCUT2D eigenvalue weighted by atomic mass is 10.1. The first kappa shape index (κ1) is 14.4. The first-order valence-corrected chi connectivity index (χ1v) is 7.79. The number of hydrogen-bond donors (Lipinski definition) is 1. The molecule has 24 heavy (non-hydrogen) atoms. The van der Waals surface area contributed by atoms with Gasteiger partial charge in [-0.05, 0) is 42.3 Å². The van der Waals surface area contributed by atoms with Crippen LogP contribution in [-0.4, -0.2) is 24.6 Å². The van der Waals surface area contributed by atoms with Gasteiger partial charge in [0.2, 0.25) is 0 Å². The molecular weight excluding hydrogens is 300 g/mol. The fraction of sp³-hybridized carbons (Fsp3) is 0.105. The number of hydrogen-bond acceptors (Lipinski definition) is 4. The van der Waals surface area contributed by atoms with E-state index in [1.54, 1.807) is 18.3 Å². The van der Waals surface area contributed by atoms with E-state index in [1.165, 1.54) is 5.56 Å². The summed E-state index contributed by atoms with van der Waals surface area (Å²) in [5, 5.41) is 10.5. The van der Waals surface area contributed by atoms with Crippen molar-refractivity contribution in [2.45, 2.75) is 13.0 Å². The molecule has 1 N–H and O–H groups in total. The van der Waals surface area contributed by atoms with Crippen molar-refractivity contribution < 1.29 is 5.11 Å².